The lowest BCUT2D eigenvalue weighted by Crippen LogP contribution is -2.11. The predicted molar refractivity (Wildman–Crippen MR) is 74.3 cm³/mol. The Balaban J connectivity index is 2.32. The molecule has 0 radical (unpaired) electrons. The number of hydrogen-bond donors (Lipinski definition) is 1. The van der Waals surface area contributed by atoms with Gasteiger partial charge in [0, 0.05) is 18.2 Å². The molecular formula is C16H16F3N. The second kappa shape index (κ2) is 5.57. The molecule has 0 aliphatic heterocycles. The van der Waals surface area contributed by atoms with E-state index in [1.807, 2.05) is 39.0 Å². The van der Waals surface area contributed by atoms with Crippen molar-refractivity contribution in [1.82, 2.24) is 0 Å². The lowest BCUT2D eigenvalue weighted by Gasteiger charge is -2.19. The maximum Gasteiger partial charge on any atom is 0.152 e. The van der Waals surface area contributed by atoms with Crippen LogP contribution < -0.4 is 5.32 Å². The number of anilines is 1. The molecule has 1 atom stereocenters. The maximum absolute atomic E-state index is 13.6. The van der Waals surface area contributed by atoms with Crippen LogP contribution in [-0.2, 0) is 0 Å². The largest absolute Gasteiger partial charge is 0.374 e. The summed E-state index contributed by atoms with van der Waals surface area (Å²) in [5, 5.41) is 2.77. The zero-order valence-electron chi connectivity index (χ0n) is 11.6. The van der Waals surface area contributed by atoms with Gasteiger partial charge >= 0.3 is 0 Å². The van der Waals surface area contributed by atoms with E-state index in [2.05, 4.69) is 5.32 Å². The summed E-state index contributed by atoms with van der Waals surface area (Å²) >= 11 is 0. The van der Waals surface area contributed by atoms with Crippen LogP contribution in [0.1, 0.15) is 29.7 Å². The molecule has 0 spiro atoms. The van der Waals surface area contributed by atoms with Crippen molar-refractivity contribution >= 4 is 5.69 Å². The van der Waals surface area contributed by atoms with E-state index >= 15 is 0 Å². The van der Waals surface area contributed by atoms with Crippen molar-refractivity contribution in [1.29, 1.82) is 0 Å². The fourth-order valence-corrected chi connectivity index (χ4v) is 2.20. The molecule has 1 nitrogen and oxygen atoms in total. The maximum atomic E-state index is 13.6. The molecule has 1 unspecified atom stereocenters. The molecule has 4 heteroatoms. The molecule has 0 amide bonds. The standard InChI is InChI=1S/C16H16F3N/c1-9-4-5-10(2)13(6-9)11(3)20-16-14(18)7-12(17)8-15(16)19/h4-8,11,20H,1-3H3. The van der Waals surface area contributed by atoms with E-state index in [1.54, 1.807) is 0 Å². The Labute approximate surface area is 116 Å². The van der Waals surface area contributed by atoms with Gasteiger partial charge in [-0.2, -0.15) is 0 Å². The van der Waals surface area contributed by atoms with Crippen LogP contribution in [0.25, 0.3) is 0 Å². The molecule has 0 saturated carbocycles. The van der Waals surface area contributed by atoms with E-state index in [0.29, 0.717) is 12.1 Å². The SMILES string of the molecule is Cc1ccc(C)c(C(C)Nc2c(F)cc(F)cc2F)c1. The topological polar surface area (TPSA) is 12.0 Å². The van der Waals surface area contributed by atoms with E-state index in [-0.39, 0.29) is 11.7 Å². The Morgan fingerprint density at radius 2 is 1.55 bits per heavy atom. The average molecular weight is 279 g/mol. The quantitative estimate of drug-likeness (QED) is 0.843. The number of benzene rings is 2. The predicted octanol–water partition coefficient (Wildman–Crippen LogP) is 4.89. The molecule has 20 heavy (non-hydrogen) atoms. The van der Waals surface area contributed by atoms with Gasteiger partial charge in [-0.25, -0.2) is 13.2 Å². The third kappa shape index (κ3) is 2.95. The molecule has 2 aromatic carbocycles. The second-order valence-electron chi connectivity index (χ2n) is 4.97. The van der Waals surface area contributed by atoms with E-state index < -0.39 is 17.5 Å². The van der Waals surface area contributed by atoms with Crippen LogP contribution in [0.3, 0.4) is 0 Å². The molecule has 0 aromatic heterocycles. The third-order valence-corrected chi connectivity index (χ3v) is 3.27. The Morgan fingerprint density at radius 1 is 0.950 bits per heavy atom. The molecular weight excluding hydrogens is 263 g/mol. The lowest BCUT2D eigenvalue weighted by molar-refractivity contribution is 0.545. The summed E-state index contributed by atoms with van der Waals surface area (Å²) in [7, 11) is 0. The first-order valence-electron chi connectivity index (χ1n) is 6.36. The average Bonchev–Trinajstić information content (AvgIpc) is 2.36. The number of nitrogens with one attached hydrogen (secondary N) is 1. The first-order valence-corrected chi connectivity index (χ1v) is 6.36. The van der Waals surface area contributed by atoms with Gasteiger partial charge in [-0.1, -0.05) is 23.8 Å². The highest BCUT2D eigenvalue weighted by Crippen LogP contribution is 2.27. The fourth-order valence-electron chi connectivity index (χ4n) is 2.20. The van der Waals surface area contributed by atoms with Gasteiger partial charge in [0.05, 0.1) is 0 Å². The van der Waals surface area contributed by atoms with Gasteiger partial charge in [0.25, 0.3) is 0 Å². The summed E-state index contributed by atoms with van der Waals surface area (Å²) in [6.07, 6.45) is 0. The van der Waals surface area contributed by atoms with Crippen molar-refractivity contribution in [2.24, 2.45) is 0 Å². The number of hydrogen-bond acceptors (Lipinski definition) is 1. The minimum Gasteiger partial charge on any atom is -0.374 e. The highest BCUT2D eigenvalue weighted by Gasteiger charge is 2.15. The number of halogens is 3. The van der Waals surface area contributed by atoms with Crippen LogP contribution in [-0.4, -0.2) is 0 Å². The first kappa shape index (κ1) is 14.4. The highest BCUT2D eigenvalue weighted by atomic mass is 19.1. The monoisotopic (exact) mass is 279 g/mol. The van der Waals surface area contributed by atoms with Crippen molar-refractivity contribution in [3.63, 3.8) is 0 Å². The molecule has 1 N–H and O–H groups in total. The van der Waals surface area contributed by atoms with E-state index in [9.17, 15) is 13.2 Å². The Kier molecular flexibility index (Phi) is 4.02. The van der Waals surface area contributed by atoms with Crippen molar-refractivity contribution in [3.8, 4) is 0 Å². The van der Waals surface area contributed by atoms with Crippen molar-refractivity contribution < 1.29 is 13.2 Å². The zero-order valence-corrected chi connectivity index (χ0v) is 11.6. The summed E-state index contributed by atoms with van der Waals surface area (Å²) in [6, 6.07) is 6.95. The van der Waals surface area contributed by atoms with Crippen LogP contribution in [0.15, 0.2) is 30.3 Å². The Morgan fingerprint density at radius 3 is 2.15 bits per heavy atom. The zero-order chi connectivity index (χ0) is 14.9. The first-order chi connectivity index (χ1) is 9.38. The van der Waals surface area contributed by atoms with Crippen molar-refractivity contribution in [2.75, 3.05) is 5.32 Å². The van der Waals surface area contributed by atoms with Gasteiger partial charge in [0.2, 0.25) is 0 Å². The minimum absolute atomic E-state index is 0.288. The summed E-state index contributed by atoms with van der Waals surface area (Å²) in [4.78, 5) is 0. The van der Waals surface area contributed by atoms with Crippen LogP contribution in [0.2, 0.25) is 0 Å². The third-order valence-electron chi connectivity index (χ3n) is 3.27. The minimum atomic E-state index is -0.931. The molecule has 0 saturated heterocycles. The van der Waals surface area contributed by atoms with Gasteiger partial charge in [0.15, 0.2) is 11.6 Å². The smallest absolute Gasteiger partial charge is 0.152 e. The molecule has 106 valence electrons. The van der Waals surface area contributed by atoms with E-state index in [0.717, 1.165) is 16.7 Å². The molecule has 0 bridgehead atoms. The highest BCUT2D eigenvalue weighted by molar-refractivity contribution is 5.49. The normalized spacial score (nSPS) is 12.3. The van der Waals surface area contributed by atoms with Crippen LogP contribution in [0, 0.1) is 31.3 Å². The van der Waals surface area contributed by atoms with Gasteiger partial charge in [0.1, 0.15) is 11.5 Å². The second-order valence-corrected chi connectivity index (χ2v) is 4.97. The van der Waals surface area contributed by atoms with Crippen LogP contribution >= 0.6 is 0 Å². The van der Waals surface area contributed by atoms with Gasteiger partial charge in [-0.3, -0.25) is 0 Å². The van der Waals surface area contributed by atoms with Crippen molar-refractivity contribution in [3.05, 3.63) is 64.5 Å². The summed E-state index contributed by atoms with van der Waals surface area (Å²) in [5.74, 6) is -2.79. The Bertz CT molecular complexity index is 615. The summed E-state index contributed by atoms with van der Waals surface area (Å²) < 4.78 is 40.1. The molecule has 0 aliphatic carbocycles. The molecule has 0 heterocycles. The van der Waals surface area contributed by atoms with Crippen LogP contribution in [0.4, 0.5) is 18.9 Å². The van der Waals surface area contributed by atoms with Gasteiger partial charge < -0.3 is 5.32 Å². The summed E-state index contributed by atoms with van der Waals surface area (Å²) in [5.41, 5.74) is 2.74. The molecule has 0 aliphatic rings. The van der Waals surface area contributed by atoms with Crippen molar-refractivity contribution in [2.45, 2.75) is 26.8 Å². The number of aryl methyl sites for hydroxylation is 2. The van der Waals surface area contributed by atoms with E-state index in [4.69, 9.17) is 0 Å². The molecule has 2 rings (SSSR count). The molecule has 0 fully saturated rings. The fraction of sp³-hybridized carbons (Fsp3) is 0.250. The number of rotatable bonds is 3. The van der Waals surface area contributed by atoms with E-state index in [1.165, 1.54) is 0 Å². The lowest BCUT2D eigenvalue weighted by atomic mass is 10.00. The van der Waals surface area contributed by atoms with Gasteiger partial charge in [-0.05, 0) is 31.9 Å². The van der Waals surface area contributed by atoms with Crippen LogP contribution in [0.5, 0.6) is 0 Å². The van der Waals surface area contributed by atoms with Gasteiger partial charge in [-0.15, -0.1) is 0 Å². The Hall–Kier alpha value is -1.97. The molecule has 2 aromatic rings. The summed E-state index contributed by atoms with van der Waals surface area (Å²) in [6.45, 7) is 5.70.